The van der Waals surface area contributed by atoms with Crippen molar-refractivity contribution in [3.8, 4) is 17.6 Å². The second kappa shape index (κ2) is 26.9. The van der Waals surface area contributed by atoms with Crippen LogP contribution >= 0.6 is 8.53 Å². The van der Waals surface area contributed by atoms with Gasteiger partial charge in [-0.25, -0.2) is 9.35 Å². The predicted octanol–water partition coefficient (Wildman–Crippen LogP) is 8.58. The van der Waals surface area contributed by atoms with Gasteiger partial charge in [-0.3, -0.25) is 9.59 Å². The standard InChI is InChI=1S/C51H72N7O8P/c1-35(2)58(36(3)4)67(65-29-15-26-52)66-41(9)48(54-50(61)39(7)30-37(5)32-53-49(60)40(8)31-38(6)47-33-57(27-28-59)56-55-47)34-64-51(42-16-13-12-14-17-42,43-18-22-45(62-10)23-19-43)44-20-24-46(63-11)25-21-44/h12-14,16-25,28,33,35-41,48H,15,27,29-32,34H2,1-11H3,(H,53,60)(H,54,61)/t37?,38?,39?,40?,41-,48-,67?/m1/s1. The van der Waals surface area contributed by atoms with Gasteiger partial charge < -0.3 is 38.7 Å². The van der Waals surface area contributed by atoms with Crippen LogP contribution in [0.25, 0.3) is 0 Å². The lowest BCUT2D eigenvalue weighted by atomic mass is 9.80. The third-order valence-corrected chi connectivity index (χ3v) is 14.0. The van der Waals surface area contributed by atoms with Crippen LogP contribution in [0.4, 0.5) is 0 Å². The van der Waals surface area contributed by atoms with Gasteiger partial charge in [-0.05, 0) is 94.3 Å². The number of amides is 2. The normalized spacial score (nSPS) is 14.9. The third kappa shape index (κ3) is 15.4. The zero-order chi connectivity index (χ0) is 49.1. The lowest BCUT2D eigenvalue weighted by Crippen LogP contribution is -2.50. The molecule has 0 saturated carbocycles. The molecule has 1 heterocycles. The van der Waals surface area contributed by atoms with Gasteiger partial charge >= 0.3 is 0 Å². The van der Waals surface area contributed by atoms with E-state index in [1.807, 2.05) is 113 Å². The number of nitrogens with one attached hydrogen (secondary N) is 2. The fourth-order valence-electron chi connectivity index (χ4n) is 8.12. The molecule has 0 radical (unpaired) electrons. The summed E-state index contributed by atoms with van der Waals surface area (Å²) in [6, 6.07) is 27.1. The van der Waals surface area contributed by atoms with Gasteiger partial charge in [-0.1, -0.05) is 87.5 Å². The molecule has 364 valence electrons. The number of carbonyl (C=O) groups is 3. The molecular weight excluding hydrogens is 870 g/mol. The van der Waals surface area contributed by atoms with Crippen molar-refractivity contribution < 1.29 is 37.6 Å². The summed E-state index contributed by atoms with van der Waals surface area (Å²) in [6.07, 6.45) is 3.14. The lowest BCUT2D eigenvalue weighted by molar-refractivity contribution is -0.127. The Kier molecular flexibility index (Phi) is 21.9. The molecule has 2 N–H and O–H groups in total. The topological polar surface area (TPSA) is 179 Å². The van der Waals surface area contributed by atoms with Gasteiger partial charge in [0.2, 0.25) is 11.8 Å². The summed E-state index contributed by atoms with van der Waals surface area (Å²) >= 11 is 0. The first-order valence-electron chi connectivity index (χ1n) is 23.2. The van der Waals surface area contributed by atoms with Gasteiger partial charge in [0.05, 0.1) is 64.3 Å². The van der Waals surface area contributed by atoms with E-state index in [0.29, 0.717) is 30.9 Å². The minimum absolute atomic E-state index is 0.0205. The first kappa shape index (κ1) is 54.4. The van der Waals surface area contributed by atoms with E-state index in [1.54, 1.807) is 20.4 Å². The second-order valence-corrected chi connectivity index (χ2v) is 19.3. The van der Waals surface area contributed by atoms with E-state index < -0.39 is 32.2 Å². The molecule has 2 amide bonds. The molecule has 0 aliphatic rings. The average molecular weight is 942 g/mol. The summed E-state index contributed by atoms with van der Waals surface area (Å²) < 4.78 is 35.3. The minimum atomic E-state index is -1.67. The highest BCUT2D eigenvalue weighted by atomic mass is 31.2. The summed E-state index contributed by atoms with van der Waals surface area (Å²) in [5.41, 5.74) is 2.11. The SMILES string of the molecule is COc1ccc(C(OC[C@@H](NC(=O)C(C)CC(C)CNC(=O)C(C)CC(C)c2cn(CC=O)nn2)[C@@H](C)OP(OCCC#N)N(C(C)C)C(C)C)(c2ccccc2)c2ccc(OC)cc2)cc1. The molecule has 0 aliphatic heterocycles. The number of aromatic nitrogens is 3. The first-order valence-corrected chi connectivity index (χ1v) is 24.4. The summed E-state index contributed by atoms with van der Waals surface area (Å²) in [6.45, 7) is 18.7. The van der Waals surface area contributed by atoms with Crippen LogP contribution in [0.5, 0.6) is 11.5 Å². The number of rotatable bonds is 29. The van der Waals surface area contributed by atoms with Gasteiger partial charge in [-0.2, -0.15) is 5.26 Å². The molecule has 0 fully saturated rings. The van der Waals surface area contributed by atoms with Crippen molar-refractivity contribution in [1.29, 1.82) is 5.26 Å². The van der Waals surface area contributed by atoms with Crippen molar-refractivity contribution >= 4 is 26.6 Å². The van der Waals surface area contributed by atoms with Crippen molar-refractivity contribution in [2.45, 2.75) is 124 Å². The highest BCUT2D eigenvalue weighted by molar-refractivity contribution is 7.44. The number of carbonyl (C=O) groups excluding carboxylic acids is 3. The van der Waals surface area contributed by atoms with Gasteiger partial charge in [0.15, 0.2) is 0 Å². The molecule has 0 saturated heterocycles. The summed E-state index contributed by atoms with van der Waals surface area (Å²) in [5.74, 6) is 0.324. The molecule has 67 heavy (non-hydrogen) atoms. The largest absolute Gasteiger partial charge is 0.497 e. The molecule has 0 bridgehead atoms. The summed E-state index contributed by atoms with van der Waals surface area (Å²) in [7, 11) is 1.59. The highest BCUT2D eigenvalue weighted by Crippen LogP contribution is 2.48. The lowest BCUT2D eigenvalue weighted by Gasteiger charge is -2.40. The fraction of sp³-hybridized carbons (Fsp3) is 0.529. The molecule has 3 aromatic carbocycles. The van der Waals surface area contributed by atoms with E-state index >= 15 is 0 Å². The molecule has 5 unspecified atom stereocenters. The van der Waals surface area contributed by atoms with Crippen LogP contribution < -0.4 is 20.1 Å². The Balaban J connectivity index is 1.62. The summed E-state index contributed by atoms with van der Waals surface area (Å²) in [5, 5.41) is 24.0. The van der Waals surface area contributed by atoms with Crippen LogP contribution in [0, 0.1) is 29.1 Å². The Hall–Kier alpha value is -5.23. The number of ether oxygens (including phenoxy) is 3. The van der Waals surface area contributed by atoms with E-state index in [-0.39, 0.29) is 67.8 Å². The van der Waals surface area contributed by atoms with Crippen molar-refractivity contribution in [2.24, 2.45) is 17.8 Å². The molecule has 0 aliphatic carbocycles. The van der Waals surface area contributed by atoms with Crippen molar-refractivity contribution in [3.05, 3.63) is 107 Å². The zero-order valence-corrected chi connectivity index (χ0v) is 42.1. The highest BCUT2D eigenvalue weighted by Gasteiger charge is 2.40. The molecular formula is C51H72N7O8P. The van der Waals surface area contributed by atoms with E-state index in [2.05, 4.69) is 59.4 Å². The first-order chi connectivity index (χ1) is 32.1. The number of nitriles is 1. The van der Waals surface area contributed by atoms with Crippen molar-refractivity contribution in [2.75, 3.05) is 34.0 Å². The molecule has 1 aromatic heterocycles. The number of hydrogen-bond acceptors (Lipinski definition) is 12. The van der Waals surface area contributed by atoms with Crippen LogP contribution in [0.2, 0.25) is 0 Å². The predicted molar refractivity (Wildman–Crippen MR) is 260 cm³/mol. The number of nitrogens with zero attached hydrogens (tertiary/aromatic N) is 5. The van der Waals surface area contributed by atoms with Crippen LogP contribution in [-0.4, -0.2) is 96.0 Å². The Morgan fingerprint density at radius 3 is 1.93 bits per heavy atom. The second-order valence-electron chi connectivity index (χ2n) is 17.8. The molecule has 15 nitrogen and oxygen atoms in total. The fourth-order valence-corrected chi connectivity index (χ4v) is 9.86. The average Bonchev–Trinajstić information content (AvgIpc) is 3.80. The third-order valence-electron chi connectivity index (χ3n) is 11.8. The number of methoxy groups -OCH3 is 2. The van der Waals surface area contributed by atoms with E-state index in [4.69, 9.17) is 23.3 Å². The quantitative estimate of drug-likeness (QED) is 0.0230. The summed E-state index contributed by atoms with van der Waals surface area (Å²) in [4.78, 5) is 38.6. The zero-order valence-electron chi connectivity index (χ0n) is 41.2. The maximum absolute atomic E-state index is 14.4. The van der Waals surface area contributed by atoms with Crippen LogP contribution in [0.3, 0.4) is 0 Å². The Morgan fingerprint density at radius 2 is 1.39 bits per heavy atom. The molecule has 0 spiro atoms. The number of hydrogen-bond donors (Lipinski definition) is 2. The monoisotopic (exact) mass is 942 g/mol. The smallest absolute Gasteiger partial charge is 0.259 e. The maximum atomic E-state index is 14.4. The number of aldehydes is 1. The van der Waals surface area contributed by atoms with E-state index in [1.165, 1.54) is 4.68 Å². The molecule has 4 rings (SSSR count). The maximum Gasteiger partial charge on any atom is 0.259 e. The van der Waals surface area contributed by atoms with Gasteiger partial charge in [-0.15, -0.1) is 5.10 Å². The minimum Gasteiger partial charge on any atom is -0.497 e. The molecule has 16 heteroatoms. The Bertz CT molecular complexity index is 2090. The molecule has 4 aromatic rings. The van der Waals surface area contributed by atoms with Gasteiger partial charge in [0, 0.05) is 42.6 Å². The van der Waals surface area contributed by atoms with Crippen LogP contribution in [-0.2, 0) is 40.3 Å². The van der Waals surface area contributed by atoms with Crippen LogP contribution in [0.1, 0.15) is 110 Å². The Morgan fingerprint density at radius 1 is 0.821 bits per heavy atom. The Labute approximate surface area is 399 Å². The number of benzene rings is 3. The van der Waals surface area contributed by atoms with Gasteiger partial charge in [0.25, 0.3) is 8.53 Å². The van der Waals surface area contributed by atoms with Gasteiger partial charge in [0.1, 0.15) is 23.4 Å². The van der Waals surface area contributed by atoms with E-state index in [0.717, 1.165) is 28.7 Å². The molecule has 7 atom stereocenters. The van der Waals surface area contributed by atoms with E-state index in [9.17, 15) is 19.6 Å². The van der Waals surface area contributed by atoms with Crippen molar-refractivity contribution in [1.82, 2.24) is 30.3 Å². The van der Waals surface area contributed by atoms with Crippen LogP contribution in [0.15, 0.2) is 85.1 Å². The van der Waals surface area contributed by atoms with Crippen molar-refractivity contribution in [3.63, 3.8) is 0 Å².